The number of non-ortho nitro benzene ring substituents is 1. The number of ketones is 1. The molecule has 1 aromatic carbocycles. The van der Waals surface area contributed by atoms with E-state index in [1.54, 1.807) is 0 Å². The van der Waals surface area contributed by atoms with E-state index in [9.17, 15) is 14.9 Å². The van der Waals surface area contributed by atoms with Gasteiger partial charge in [-0.05, 0) is 6.07 Å². The van der Waals surface area contributed by atoms with Crippen LogP contribution >= 0.6 is 0 Å². The second-order valence-electron chi connectivity index (χ2n) is 2.98. The predicted molar refractivity (Wildman–Crippen MR) is 50.7 cm³/mol. The van der Waals surface area contributed by atoms with Gasteiger partial charge in [-0.15, -0.1) is 0 Å². The molecule has 1 heterocycles. The van der Waals surface area contributed by atoms with Gasteiger partial charge in [0, 0.05) is 13.0 Å². The molecule has 6 nitrogen and oxygen atoms in total. The summed E-state index contributed by atoms with van der Waals surface area (Å²) < 4.78 is 5.06. The number of aromatic nitrogens is 1. The lowest BCUT2D eigenvalue weighted by atomic mass is 10.3. The number of Topliss-reactive ketones (excluding diaryl/α,β-unsaturated/α-hetero) is 1. The number of benzene rings is 1. The van der Waals surface area contributed by atoms with Crippen LogP contribution in [0.1, 0.15) is 17.6 Å². The molecule has 6 heteroatoms. The molecule has 0 saturated carbocycles. The third-order valence-electron chi connectivity index (χ3n) is 1.88. The highest BCUT2D eigenvalue weighted by Crippen LogP contribution is 2.21. The van der Waals surface area contributed by atoms with Crippen LogP contribution in [-0.4, -0.2) is 15.7 Å². The second kappa shape index (κ2) is 3.16. The Bertz CT molecular complexity index is 546. The van der Waals surface area contributed by atoms with Crippen molar-refractivity contribution in [3.05, 3.63) is 34.2 Å². The Morgan fingerprint density at radius 1 is 1.53 bits per heavy atom. The minimum Gasteiger partial charge on any atom is -0.433 e. The maximum atomic E-state index is 10.9. The molecule has 0 unspecified atom stereocenters. The third-order valence-corrected chi connectivity index (χ3v) is 1.88. The van der Waals surface area contributed by atoms with Crippen molar-refractivity contribution in [1.29, 1.82) is 0 Å². The van der Waals surface area contributed by atoms with Crippen LogP contribution in [0.25, 0.3) is 11.1 Å². The quantitative estimate of drug-likeness (QED) is 0.425. The normalized spacial score (nSPS) is 10.5. The van der Waals surface area contributed by atoms with Crippen LogP contribution in [0.3, 0.4) is 0 Å². The molecule has 0 amide bonds. The third kappa shape index (κ3) is 1.56. The van der Waals surface area contributed by atoms with E-state index < -0.39 is 4.92 Å². The summed E-state index contributed by atoms with van der Waals surface area (Å²) in [6.07, 6.45) is 0. The number of carbonyl (C=O) groups is 1. The molecule has 0 fully saturated rings. The predicted octanol–water partition coefficient (Wildman–Crippen LogP) is 1.94. The van der Waals surface area contributed by atoms with Gasteiger partial charge in [-0.3, -0.25) is 14.9 Å². The van der Waals surface area contributed by atoms with Crippen LogP contribution in [0.5, 0.6) is 0 Å². The number of oxazole rings is 1. The van der Waals surface area contributed by atoms with E-state index in [1.807, 2.05) is 0 Å². The molecule has 0 bridgehead atoms. The summed E-state index contributed by atoms with van der Waals surface area (Å²) >= 11 is 0. The van der Waals surface area contributed by atoms with Crippen molar-refractivity contribution in [1.82, 2.24) is 4.98 Å². The fourth-order valence-corrected chi connectivity index (χ4v) is 1.18. The van der Waals surface area contributed by atoms with E-state index >= 15 is 0 Å². The van der Waals surface area contributed by atoms with Crippen molar-refractivity contribution >= 4 is 22.6 Å². The van der Waals surface area contributed by atoms with Crippen molar-refractivity contribution in [2.45, 2.75) is 6.92 Å². The Hall–Kier alpha value is -2.24. The summed E-state index contributed by atoms with van der Waals surface area (Å²) in [5.74, 6) is -0.348. The maximum absolute atomic E-state index is 10.9. The standard InChI is InChI=1S/C9H6N2O4/c1-5(12)9-10-7-3-2-6(11(13)14)4-8(7)15-9/h2-4H,1H3. The number of hydrogen-bond donors (Lipinski definition) is 0. The van der Waals surface area contributed by atoms with Gasteiger partial charge in [0.2, 0.25) is 5.78 Å². The smallest absolute Gasteiger partial charge is 0.273 e. The van der Waals surface area contributed by atoms with Crippen LogP contribution in [0.2, 0.25) is 0 Å². The van der Waals surface area contributed by atoms with Gasteiger partial charge in [0.1, 0.15) is 5.52 Å². The van der Waals surface area contributed by atoms with Gasteiger partial charge in [0.25, 0.3) is 11.6 Å². The monoisotopic (exact) mass is 206 g/mol. The highest BCUT2D eigenvalue weighted by Gasteiger charge is 2.13. The number of nitro benzene ring substituents is 1. The molecular formula is C9H6N2O4. The highest BCUT2D eigenvalue weighted by molar-refractivity contribution is 5.92. The number of fused-ring (bicyclic) bond motifs is 1. The summed E-state index contributed by atoms with van der Waals surface area (Å²) in [5.41, 5.74) is 0.592. The minimum absolute atomic E-state index is 0.0366. The van der Waals surface area contributed by atoms with Crippen LogP contribution in [0.4, 0.5) is 5.69 Å². The molecule has 0 N–H and O–H groups in total. The molecule has 1 aromatic heterocycles. The Morgan fingerprint density at radius 2 is 2.27 bits per heavy atom. The lowest BCUT2D eigenvalue weighted by Gasteiger charge is -1.88. The van der Waals surface area contributed by atoms with Crippen LogP contribution in [0, 0.1) is 10.1 Å². The maximum Gasteiger partial charge on any atom is 0.273 e. The Kier molecular flexibility index (Phi) is 1.96. The van der Waals surface area contributed by atoms with Crippen LogP contribution < -0.4 is 0 Å². The van der Waals surface area contributed by atoms with E-state index in [4.69, 9.17) is 4.42 Å². The van der Waals surface area contributed by atoms with Crippen LogP contribution in [0.15, 0.2) is 22.6 Å². The lowest BCUT2D eigenvalue weighted by molar-refractivity contribution is -0.384. The van der Waals surface area contributed by atoms with E-state index in [0.29, 0.717) is 5.52 Å². The van der Waals surface area contributed by atoms with E-state index in [1.165, 1.54) is 25.1 Å². The Morgan fingerprint density at radius 3 is 2.87 bits per heavy atom. The van der Waals surface area contributed by atoms with Gasteiger partial charge in [-0.2, -0.15) is 0 Å². The molecule has 0 aliphatic heterocycles. The van der Waals surface area contributed by atoms with Crippen molar-refractivity contribution in [3.63, 3.8) is 0 Å². The molecule has 15 heavy (non-hydrogen) atoms. The first-order chi connectivity index (χ1) is 7.08. The molecule has 2 rings (SSSR count). The number of nitro groups is 1. The zero-order valence-electron chi connectivity index (χ0n) is 7.76. The molecule has 2 aromatic rings. The fraction of sp³-hybridized carbons (Fsp3) is 0.111. The second-order valence-corrected chi connectivity index (χ2v) is 2.98. The highest BCUT2D eigenvalue weighted by atomic mass is 16.6. The van der Waals surface area contributed by atoms with Crippen molar-refractivity contribution in [2.75, 3.05) is 0 Å². The van der Waals surface area contributed by atoms with Gasteiger partial charge in [-0.1, -0.05) is 0 Å². The van der Waals surface area contributed by atoms with E-state index in [0.717, 1.165) is 0 Å². The minimum atomic E-state index is -0.532. The number of carbonyl (C=O) groups excluding carboxylic acids is 1. The first-order valence-corrected chi connectivity index (χ1v) is 4.14. The summed E-state index contributed by atoms with van der Waals surface area (Å²) in [4.78, 5) is 24.7. The summed E-state index contributed by atoms with van der Waals surface area (Å²) in [6.45, 7) is 1.32. The largest absolute Gasteiger partial charge is 0.433 e. The van der Waals surface area contributed by atoms with Gasteiger partial charge < -0.3 is 4.42 Å². The van der Waals surface area contributed by atoms with Gasteiger partial charge in [0.05, 0.1) is 11.0 Å². The molecule has 0 aliphatic rings. The van der Waals surface area contributed by atoms with Crippen molar-refractivity contribution in [3.8, 4) is 0 Å². The van der Waals surface area contributed by atoms with E-state index in [-0.39, 0.29) is 22.9 Å². The number of hydrogen-bond acceptors (Lipinski definition) is 5. The first kappa shape index (κ1) is 9.32. The molecule has 0 saturated heterocycles. The van der Waals surface area contributed by atoms with Gasteiger partial charge in [-0.25, -0.2) is 4.98 Å². The van der Waals surface area contributed by atoms with Crippen LogP contribution in [-0.2, 0) is 0 Å². The summed E-state index contributed by atoms with van der Waals surface area (Å²) in [6, 6.07) is 4.01. The van der Waals surface area contributed by atoms with Crippen molar-refractivity contribution < 1.29 is 14.1 Å². The topological polar surface area (TPSA) is 86.2 Å². The lowest BCUT2D eigenvalue weighted by Crippen LogP contribution is -1.89. The summed E-state index contributed by atoms with van der Waals surface area (Å²) in [5, 5.41) is 10.5. The average molecular weight is 206 g/mol. The first-order valence-electron chi connectivity index (χ1n) is 4.14. The van der Waals surface area contributed by atoms with E-state index in [2.05, 4.69) is 4.98 Å². The fourth-order valence-electron chi connectivity index (χ4n) is 1.18. The van der Waals surface area contributed by atoms with Gasteiger partial charge >= 0.3 is 0 Å². The number of nitrogens with zero attached hydrogens (tertiary/aromatic N) is 2. The molecular weight excluding hydrogens is 200 g/mol. The van der Waals surface area contributed by atoms with Crippen molar-refractivity contribution in [2.24, 2.45) is 0 Å². The Balaban J connectivity index is 2.62. The van der Waals surface area contributed by atoms with Gasteiger partial charge in [0.15, 0.2) is 5.58 Å². The average Bonchev–Trinajstić information content (AvgIpc) is 2.59. The zero-order valence-corrected chi connectivity index (χ0v) is 7.76. The molecule has 0 radical (unpaired) electrons. The Labute approximate surface area is 83.7 Å². The molecule has 76 valence electrons. The molecule has 0 atom stereocenters. The zero-order chi connectivity index (χ0) is 11.0. The SMILES string of the molecule is CC(=O)c1nc2ccc([N+](=O)[O-])cc2o1. The molecule has 0 spiro atoms. The number of rotatable bonds is 2. The molecule has 0 aliphatic carbocycles. The summed E-state index contributed by atoms with van der Waals surface area (Å²) in [7, 11) is 0.